The second-order valence-electron chi connectivity index (χ2n) is 6.85. The Hall–Kier alpha value is -4.26. The highest BCUT2D eigenvalue weighted by atomic mass is 16.5. The van der Waals surface area contributed by atoms with Gasteiger partial charge in [-0.3, -0.25) is 14.5 Å². The van der Waals surface area contributed by atoms with E-state index in [9.17, 15) is 19.2 Å². The maximum Gasteiger partial charge on any atom is 0.343 e. The van der Waals surface area contributed by atoms with Gasteiger partial charge in [-0.2, -0.15) is 0 Å². The molecule has 4 rings (SSSR count). The molecular weight excluding hydrogens is 398 g/mol. The lowest BCUT2D eigenvalue weighted by atomic mass is 10.1. The van der Waals surface area contributed by atoms with Crippen molar-refractivity contribution in [2.45, 2.75) is 6.54 Å². The summed E-state index contributed by atoms with van der Waals surface area (Å²) in [6.07, 6.45) is 0. The second-order valence-corrected chi connectivity index (χ2v) is 6.85. The highest BCUT2D eigenvalue weighted by molar-refractivity contribution is 6.21. The molecule has 31 heavy (non-hydrogen) atoms. The van der Waals surface area contributed by atoms with Crippen LogP contribution in [-0.4, -0.2) is 35.8 Å². The molecule has 0 unspecified atom stereocenters. The quantitative estimate of drug-likeness (QED) is 0.360. The smallest absolute Gasteiger partial charge is 0.343 e. The van der Waals surface area contributed by atoms with Gasteiger partial charge in [0.1, 0.15) is 5.75 Å². The number of esters is 2. The Morgan fingerprint density at radius 3 is 2.03 bits per heavy atom. The van der Waals surface area contributed by atoms with Crippen LogP contribution in [0.1, 0.15) is 47.0 Å². The van der Waals surface area contributed by atoms with E-state index in [1.165, 1.54) is 31.4 Å². The normalized spacial score (nSPS) is 12.5. The van der Waals surface area contributed by atoms with Crippen LogP contribution >= 0.6 is 0 Å². The molecule has 1 aliphatic heterocycles. The number of ether oxygens (including phenoxy) is 2. The Labute approximate surface area is 177 Å². The van der Waals surface area contributed by atoms with Crippen LogP contribution in [0.2, 0.25) is 0 Å². The standard InChI is InChI=1S/C24H17NO6/c1-30-23(28)16-9-11-18(12-10-16)31-24(29)17-6-4-5-15(13-17)14-25-21(26)19-7-2-3-8-20(19)22(25)27/h2-13H,14H2,1H3. The number of amides is 2. The molecule has 0 saturated carbocycles. The van der Waals surface area contributed by atoms with E-state index in [4.69, 9.17) is 4.74 Å². The Balaban J connectivity index is 1.47. The van der Waals surface area contributed by atoms with E-state index in [0.29, 0.717) is 22.3 Å². The van der Waals surface area contributed by atoms with Gasteiger partial charge in [-0.25, -0.2) is 9.59 Å². The number of hydrogen-bond acceptors (Lipinski definition) is 6. The number of benzene rings is 3. The molecule has 7 heteroatoms. The molecule has 154 valence electrons. The Kier molecular flexibility index (Phi) is 5.32. The number of hydrogen-bond donors (Lipinski definition) is 0. The predicted octanol–water partition coefficient (Wildman–Crippen LogP) is 3.49. The van der Waals surface area contributed by atoms with Gasteiger partial charge in [-0.15, -0.1) is 0 Å². The SMILES string of the molecule is COC(=O)c1ccc(OC(=O)c2cccc(CN3C(=O)c4ccccc4C3=O)c2)cc1. The fraction of sp³-hybridized carbons (Fsp3) is 0.0833. The van der Waals surface area contributed by atoms with Crippen molar-refractivity contribution < 1.29 is 28.7 Å². The summed E-state index contributed by atoms with van der Waals surface area (Å²) in [4.78, 5) is 50.3. The molecule has 3 aromatic carbocycles. The van der Waals surface area contributed by atoms with Gasteiger partial charge in [0.25, 0.3) is 11.8 Å². The highest BCUT2D eigenvalue weighted by Crippen LogP contribution is 2.24. The van der Waals surface area contributed by atoms with Crippen LogP contribution in [0.3, 0.4) is 0 Å². The zero-order chi connectivity index (χ0) is 22.0. The molecule has 0 bridgehead atoms. The van der Waals surface area contributed by atoms with E-state index in [-0.39, 0.29) is 29.7 Å². The Morgan fingerprint density at radius 1 is 0.774 bits per heavy atom. The first-order valence-electron chi connectivity index (χ1n) is 9.42. The third-order valence-corrected chi connectivity index (χ3v) is 4.87. The van der Waals surface area contributed by atoms with Gasteiger partial charge in [0, 0.05) is 0 Å². The molecule has 3 aromatic rings. The zero-order valence-corrected chi connectivity index (χ0v) is 16.5. The summed E-state index contributed by atoms with van der Waals surface area (Å²) in [7, 11) is 1.28. The van der Waals surface area contributed by atoms with Crippen molar-refractivity contribution in [3.05, 3.63) is 101 Å². The number of imide groups is 1. The van der Waals surface area contributed by atoms with E-state index in [2.05, 4.69) is 4.74 Å². The van der Waals surface area contributed by atoms with Gasteiger partial charge in [-0.05, 0) is 54.1 Å². The average Bonchev–Trinajstić information content (AvgIpc) is 3.04. The van der Waals surface area contributed by atoms with Crippen molar-refractivity contribution in [1.29, 1.82) is 0 Å². The fourth-order valence-electron chi connectivity index (χ4n) is 3.30. The topological polar surface area (TPSA) is 90.0 Å². The van der Waals surface area contributed by atoms with Crippen LogP contribution in [0.15, 0.2) is 72.8 Å². The van der Waals surface area contributed by atoms with Crippen LogP contribution < -0.4 is 4.74 Å². The van der Waals surface area contributed by atoms with Crippen LogP contribution in [0.5, 0.6) is 5.75 Å². The van der Waals surface area contributed by atoms with Gasteiger partial charge >= 0.3 is 11.9 Å². The number of methoxy groups -OCH3 is 1. The fourth-order valence-corrected chi connectivity index (χ4v) is 3.30. The number of nitrogens with zero attached hydrogens (tertiary/aromatic N) is 1. The number of carbonyl (C=O) groups is 4. The van der Waals surface area contributed by atoms with Gasteiger partial charge < -0.3 is 9.47 Å². The number of rotatable bonds is 5. The van der Waals surface area contributed by atoms with Gasteiger partial charge in [0.2, 0.25) is 0 Å². The average molecular weight is 415 g/mol. The summed E-state index contributed by atoms with van der Waals surface area (Å²) in [5, 5.41) is 0. The summed E-state index contributed by atoms with van der Waals surface area (Å²) in [5.41, 5.74) is 1.97. The molecule has 7 nitrogen and oxygen atoms in total. The van der Waals surface area contributed by atoms with Crippen LogP contribution in [0.25, 0.3) is 0 Å². The molecule has 0 radical (unpaired) electrons. The van der Waals surface area contributed by atoms with Crippen LogP contribution in [0.4, 0.5) is 0 Å². The predicted molar refractivity (Wildman–Crippen MR) is 110 cm³/mol. The minimum atomic E-state index is -0.602. The van der Waals surface area contributed by atoms with Crippen molar-refractivity contribution in [2.75, 3.05) is 7.11 Å². The summed E-state index contributed by atoms with van der Waals surface area (Å²) in [5.74, 6) is -1.55. The molecule has 0 fully saturated rings. The molecule has 0 atom stereocenters. The maximum atomic E-state index is 12.5. The van der Waals surface area contributed by atoms with Gasteiger partial charge in [-0.1, -0.05) is 24.3 Å². The van der Waals surface area contributed by atoms with Gasteiger partial charge in [0.05, 0.1) is 35.9 Å². The van der Waals surface area contributed by atoms with Gasteiger partial charge in [0.15, 0.2) is 0 Å². The zero-order valence-electron chi connectivity index (χ0n) is 16.5. The van der Waals surface area contributed by atoms with Crippen LogP contribution in [-0.2, 0) is 11.3 Å². The monoisotopic (exact) mass is 415 g/mol. The first-order valence-corrected chi connectivity index (χ1v) is 9.42. The third-order valence-electron chi connectivity index (χ3n) is 4.87. The second kappa shape index (κ2) is 8.23. The van der Waals surface area contributed by atoms with Crippen molar-refractivity contribution in [1.82, 2.24) is 4.90 Å². The largest absolute Gasteiger partial charge is 0.465 e. The molecule has 0 saturated heterocycles. The summed E-state index contributed by atoms with van der Waals surface area (Å²) in [6, 6.07) is 19.2. The molecule has 2 amide bonds. The van der Waals surface area contributed by atoms with Crippen molar-refractivity contribution in [2.24, 2.45) is 0 Å². The van der Waals surface area contributed by atoms with E-state index in [1.54, 1.807) is 48.5 Å². The molecule has 0 N–H and O–H groups in total. The minimum Gasteiger partial charge on any atom is -0.465 e. The molecule has 0 aromatic heterocycles. The number of carbonyl (C=O) groups excluding carboxylic acids is 4. The first kappa shape index (κ1) is 20.0. The third kappa shape index (κ3) is 3.93. The molecule has 0 aliphatic carbocycles. The summed E-state index contributed by atoms with van der Waals surface area (Å²) >= 11 is 0. The minimum absolute atomic E-state index is 0.0429. The van der Waals surface area contributed by atoms with E-state index in [0.717, 1.165) is 4.90 Å². The van der Waals surface area contributed by atoms with Crippen LogP contribution in [0, 0.1) is 0 Å². The Morgan fingerprint density at radius 2 is 1.42 bits per heavy atom. The first-order chi connectivity index (χ1) is 15.0. The number of fused-ring (bicyclic) bond motifs is 1. The molecule has 1 aliphatic rings. The highest BCUT2D eigenvalue weighted by Gasteiger charge is 2.35. The van der Waals surface area contributed by atoms with Crippen molar-refractivity contribution in [3.63, 3.8) is 0 Å². The Bertz CT molecular complexity index is 1160. The van der Waals surface area contributed by atoms with E-state index in [1.807, 2.05) is 0 Å². The van der Waals surface area contributed by atoms with E-state index >= 15 is 0 Å². The van der Waals surface area contributed by atoms with Crippen molar-refractivity contribution >= 4 is 23.8 Å². The molecule has 0 spiro atoms. The molecule has 1 heterocycles. The maximum absolute atomic E-state index is 12.5. The molecular formula is C24H17NO6. The van der Waals surface area contributed by atoms with Crippen molar-refractivity contribution in [3.8, 4) is 5.75 Å². The lowest BCUT2D eigenvalue weighted by Crippen LogP contribution is -2.29. The lowest BCUT2D eigenvalue weighted by molar-refractivity contribution is 0.0597. The summed E-state index contributed by atoms with van der Waals surface area (Å²) in [6.45, 7) is 0.0429. The summed E-state index contributed by atoms with van der Waals surface area (Å²) < 4.78 is 9.98. The van der Waals surface area contributed by atoms with E-state index < -0.39 is 11.9 Å². The lowest BCUT2D eigenvalue weighted by Gasteiger charge is -2.14.